The minimum atomic E-state index is -0.760. The van der Waals surface area contributed by atoms with Crippen LogP contribution in [-0.4, -0.2) is 16.1 Å². The number of hydrogen-bond acceptors (Lipinski definition) is 0. The summed E-state index contributed by atoms with van der Waals surface area (Å²) in [6, 6.07) is 9.45. The van der Waals surface area contributed by atoms with Gasteiger partial charge in [0.25, 0.3) is 0 Å². The highest BCUT2D eigenvalue weighted by Crippen LogP contribution is 2.45. The molecule has 0 aliphatic carbocycles. The monoisotopic (exact) mass is 368 g/mol. The lowest BCUT2D eigenvalue weighted by Gasteiger charge is -2.41. The Balaban J connectivity index is 0.000000240. The Morgan fingerprint density at radius 1 is 0.542 bits per heavy atom. The van der Waals surface area contributed by atoms with Crippen molar-refractivity contribution in [2.45, 2.75) is 140 Å². The molecule has 0 bridgehead atoms. The van der Waals surface area contributed by atoms with Crippen molar-refractivity contribution in [3.05, 3.63) is 0 Å². The topological polar surface area (TPSA) is 0 Å². The highest BCUT2D eigenvalue weighted by atomic mass is 28.3. The smallest absolute Gasteiger partial charge is 0.0561 e. The van der Waals surface area contributed by atoms with Gasteiger partial charge >= 0.3 is 0 Å². The third-order valence-electron chi connectivity index (χ3n) is 8.49. The molecule has 2 unspecified atom stereocenters. The van der Waals surface area contributed by atoms with Crippen molar-refractivity contribution in [3.8, 4) is 0 Å². The molecular formula is C22H48Si2. The first-order chi connectivity index (χ1) is 11.6. The predicted molar refractivity (Wildman–Crippen MR) is 119 cm³/mol. The summed E-state index contributed by atoms with van der Waals surface area (Å²) >= 11 is 0. The summed E-state index contributed by atoms with van der Waals surface area (Å²) in [4.78, 5) is 0. The van der Waals surface area contributed by atoms with Gasteiger partial charge in [0.1, 0.15) is 0 Å². The Labute approximate surface area is 156 Å². The lowest BCUT2D eigenvalue weighted by atomic mass is 10.1. The van der Waals surface area contributed by atoms with Gasteiger partial charge in [0, 0.05) is 0 Å². The van der Waals surface area contributed by atoms with Crippen molar-refractivity contribution in [2.75, 3.05) is 0 Å². The van der Waals surface area contributed by atoms with Gasteiger partial charge in [-0.2, -0.15) is 0 Å². The van der Waals surface area contributed by atoms with Crippen molar-refractivity contribution < 1.29 is 0 Å². The molecule has 0 aromatic heterocycles. The van der Waals surface area contributed by atoms with Crippen LogP contribution in [0.2, 0.25) is 47.3 Å². The van der Waals surface area contributed by atoms with Crippen LogP contribution < -0.4 is 0 Å². The summed E-state index contributed by atoms with van der Waals surface area (Å²) in [7, 11) is -1.52. The van der Waals surface area contributed by atoms with E-state index in [0.717, 1.165) is 0 Å². The second-order valence-corrected chi connectivity index (χ2v) is 19.8. The molecule has 2 rings (SSSR count). The van der Waals surface area contributed by atoms with Crippen molar-refractivity contribution in [3.63, 3.8) is 0 Å². The van der Waals surface area contributed by atoms with E-state index >= 15 is 0 Å². The minimum absolute atomic E-state index is 0.760. The molecule has 2 saturated heterocycles. The predicted octanol–water partition coefficient (Wildman–Crippen LogP) is 8.88. The molecule has 0 saturated carbocycles. The maximum absolute atomic E-state index is 2.45. The van der Waals surface area contributed by atoms with Crippen LogP contribution in [0.3, 0.4) is 0 Å². The van der Waals surface area contributed by atoms with Gasteiger partial charge in [-0.15, -0.1) is 0 Å². The SMILES string of the molecule is CCC1CCCC[Si]1(CC)CC.CCC1CCCC[Si]1(CC)CC. The van der Waals surface area contributed by atoms with E-state index in [-0.39, 0.29) is 0 Å². The van der Waals surface area contributed by atoms with Crippen LogP contribution in [0.1, 0.15) is 92.9 Å². The molecule has 0 nitrogen and oxygen atoms in total. The molecule has 0 aromatic rings. The molecule has 2 fully saturated rings. The molecule has 0 aromatic carbocycles. The molecule has 2 heteroatoms. The third kappa shape index (κ3) is 5.22. The Morgan fingerprint density at radius 2 is 0.875 bits per heavy atom. The molecule has 2 atom stereocenters. The van der Waals surface area contributed by atoms with E-state index in [1.165, 1.54) is 36.8 Å². The molecule has 0 radical (unpaired) electrons. The molecule has 0 N–H and O–H groups in total. The molecule has 0 spiro atoms. The van der Waals surface area contributed by atoms with Crippen LogP contribution >= 0.6 is 0 Å². The van der Waals surface area contributed by atoms with Crippen molar-refractivity contribution >= 4 is 16.1 Å². The fraction of sp³-hybridized carbons (Fsp3) is 1.00. The van der Waals surface area contributed by atoms with Crippen LogP contribution in [0.15, 0.2) is 0 Å². The van der Waals surface area contributed by atoms with E-state index in [9.17, 15) is 0 Å². The summed E-state index contributed by atoms with van der Waals surface area (Å²) in [5, 5.41) is 0. The van der Waals surface area contributed by atoms with Gasteiger partial charge in [0.15, 0.2) is 0 Å². The molecule has 0 amide bonds. The normalized spacial score (nSPS) is 28.8. The van der Waals surface area contributed by atoms with Gasteiger partial charge in [-0.05, 0) is 11.1 Å². The maximum atomic E-state index is 2.45. The second kappa shape index (κ2) is 11.2. The van der Waals surface area contributed by atoms with Crippen LogP contribution in [-0.2, 0) is 0 Å². The van der Waals surface area contributed by atoms with Crippen LogP contribution in [0.5, 0.6) is 0 Å². The summed E-state index contributed by atoms with van der Waals surface area (Å²) in [6.45, 7) is 14.6. The Kier molecular flexibility index (Phi) is 10.5. The molecule has 2 aliphatic heterocycles. The first kappa shape index (κ1) is 22.5. The quantitative estimate of drug-likeness (QED) is 0.410. The van der Waals surface area contributed by atoms with Gasteiger partial charge in [-0.3, -0.25) is 0 Å². The zero-order chi connectivity index (χ0) is 18.1. The van der Waals surface area contributed by atoms with E-state index < -0.39 is 16.1 Å². The van der Waals surface area contributed by atoms with Crippen LogP contribution in [0, 0.1) is 0 Å². The lowest BCUT2D eigenvalue weighted by Crippen LogP contribution is -2.40. The Morgan fingerprint density at radius 3 is 1.08 bits per heavy atom. The van der Waals surface area contributed by atoms with E-state index in [0.29, 0.717) is 0 Å². The van der Waals surface area contributed by atoms with Crippen molar-refractivity contribution in [2.24, 2.45) is 0 Å². The first-order valence-electron chi connectivity index (χ1n) is 11.6. The second-order valence-electron chi connectivity index (χ2n) is 8.84. The maximum Gasteiger partial charge on any atom is 0.0561 e. The number of hydrogen-bond donors (Lipinski definition) is 0. The molecule has 2 heterocycles. The van der Waals surface area contributed by atoms with Gasteiger partial charge in [0.05, 0.1) is 16.1 Å². The largest absolute Gasteiger partial charge is 0.0678 e. The van der Waals surface area contributed by atoms with Crippen LogP contribution in [0.25, 0.3) is 0 Å². The third-order valence-corrected chi connectivity index (χ3v) is 21.7. The van der Waals surface area contributed by atoms with E-state index in [2.05, 4.69) is 41.5 Å². The van der Waals surface area contributed by atoms with Gasteiger partial charge < -0.3 is 0 Å². The molecule has 144 valence electrons. The Bertz CT molecular complexity index is 286. The lowest BCUT2D eigenvalue weighted by molar-refractivity contribution is 0.584. The average molecular weight is 369 g/mol. The van der Waals surface area contributed by atoms with E-state index in [1.807, 2.05) is 0 Å². The van der Waals surface area contributed by atoms with Crippen molar-refractivity contribution in [1.82, 2.24) is 0 Å². The molecular weight excluding hydrogens is 320 g/mol. The van der Waals surface area contributed by atoms with Crippen LogP contribution in [0.4, 0.5) is 0 Å². The number of rotatable bonds is 6. The molecule has 2 aliphatic rings. The van der Waals surface area contributed by atoms with E-state index in [4.69, 9.17) is 0 Å². The zero-order valence-electron chi connectivity index (χ0n) is 18.1. The fourth-order valence-corrected chi connectivity index (χ4v) is 17.2. The van der Waals surface area contributed by atoms with E-state index in [1.54, 1.807) is 61.9 Å². The van der Waals surface area contributed by atoms with Crippen molar-refractivity contribution in [1.29, 1.82) is 0 Å². The fourth-order valence-electron chi connectivity index (χ4n) is 6.39. The summed E-state index contributed by atoms with van der Waals surface area (Å²) in [5.74, 6) is 0. The minimum Gasteiger partial charge on any atom is -0.0678 e. The summed E-state index contributed by atoms with van der Waals surface area (Å²) in [6.07, 6.45) is 12.2. The zero-order valence-corrected chi connectivity index (χ0v) is 20.1. The summed E-state index contributed by atoms with van der Waals surface area (Å²) in [5.41, 5.74) is 2.34. The van der Waals surface area contributed by atoms with Gasteiger partial charge in [-0.25, -0.2) is 0 Å². The highest BCUT2D eigenvalue weighted by Gasteiger charge is 2.39. The van der Waals surface area contributed by atoms with Gasteiger partial charge in [-0.1, -0.05) is 129 Å². The first-order valence-corrected chi connectivity index (χ1v) is 17.0. The highest BCUT2D eigenvalue weighted by molar-refractivity contribution is 6.81. The van der Waals surface area contributed by atoms with Gasteiger partial charge in [0.2, 0.25) is 0 Å². The Hall–Kier alpha value is 0.434. The molecule has 24 heavy (non-hydrogen) atoms. The standard InChI is InChI=1S/2C11H24Si/c2*1-4-11-9-7-8-10-12(11,5-2)6-3/h2*11H,4-10H2,1-3H3. The average Bonchev–Trinajstić information content (AvgIpc) is 2.67. The summed E-state index contributed by atoms with van der Waals surface area (Å²) < 4.78 is 0.